The molecule has 6 nitrogen and oxygen atoms in total. The molecular weight excluding hydrogens is 377 g/mol. The monoisotopic (exact) mass is 397 g/mol. The van der Waals surface area contributed by atoms with Crippen molar-refractivity contribution in [3.05, 3.63) is 45.7 Å². The number of amides is 1. The highest BCUT2D eigenvalue weighted by atomic mass is 35.5. The van der Waals surface area contributed by atoms with E-state index in [0.29, 0.717) is 22.9 Å². The number of esters is 1. The third-order valence-corrected chi connectivity index (χ3v) is 4.49. The molecule has 2 rings (SSSR count). The van der Waals surface area contributed by atoms with Crippen molar-refractivity contribution in [2.75, 3.05) is 5.32 Å². The van der Waals surface area contributed by atoms with E-state index in [-0.39, 0.29) is 10.7 Å². The van der Waals surface area contributed by atoms with Crippen LogP contribution in [0.4, 0.5) is 5.69 Å². The van der Waals surface area contributed by atoms with Gasteiger partial charge in [0.2, 0.25) is 0 Å². The minimum Gasteiger partial charge on any atom is -0.449 e. The Morgan fingerprint density at radius 2 is 2.00 bits per heavy atom. The number of carbonyl (C=O) groups excluding carboxylic acids is 2. The van der Waals surface area contributed by atoms with Crippen LogP contribution >= 0.6 is 23.2 Å². The summed E-state index contributed by atoms with van der Waals surface area (Å²) in [5.41, 5.74) is 1.10. The Hall–Kier alpha value is -2.05. The molecule has 2 aromatic rings. The zero-order chi connectivity index (χ0) is 19.3. The van der Waals surface area contributed by atoms with E-state index in [1.54, 1.807) is 35.9 Å². The fraction of sp³-hybridized carbons (Fsp3) is 0.389. The van der Waals surface area contributed by atoms with Crippen LogP contribution in [0.15, 0.2) is 24.3 Å². The molecule has 1 amide bonds. The third kappa shape index (κ3) is 4.77. The Labute approximate surface area is 162 Å². The Morgan fingerprint density at radius 1 is 1.31 bits per heavy atom. The van der Waals surface area contributed by atoms with Crippen molar-refractivity contribution in [2.45, 2.75) is 46.3 Å². The van der Waals surface area contributed by atoms with Crippen molar-refractivity contribution in [2.24, 2.45) is 0 Å². The molecule has 0 aliphatic carbocycles. The van der Waals surface area contributed by atoms with Gasteiger partial charge in [-0.1, -0.05) is 48.7 Å². The fourth-order valence-corrected chi connectivity index (χ4v) is 2.83. The van der Waals surface area contributed by atoms with Crippen LogP contribution in [0.25, 0.3) is 0 Å². The quantitative estimate of drug-likeness (QED) is 0.698. The van der Waals surface area contributed by atoms with Gasteiger partial charge in [0.1, 0.15) is 10.7 Å². The smallest absolute Gasteiger partial charge is 0.343 e. The molecule has 0 fully saturated rings. The van der Waals surface area contributed by atoms with Gasteiger partial charge in [0.15, 0.2) is 6.10 Å². The molecule has 0 bridgehead atoms. The molecule has 1 heterocycles. The fourth-order valence-electron chi connectivity index (χ4n) is 2.31. The number of benzene rings is 1. The summed E-state index contributed by atoms with van der Waals surface area (Å²) in [5, 5.41) is 7.51. The standard InChI is InChI=1S/C18H21Cl2N3O3/c1-4-5-10-23-16(20)15(11(2)22-23)18(25)26-12(3)17(24)21-14-9-7-6-8-13(14)19/h6-9,12H,4-5,10H2,1-3H3,(H,21,24)/t12-/m0/s1. The van der Waals surface area contributed by atoms with Crippen molar-refractivity contribution in [3.8, 4) is 0 Å². The highest BCUT2D eigenvalue weighted by molar-refractivity contribution is 6.34. The molecule has 0 spiro atoms. The third-order valence-electron chi connectivity index (χ3n) is 3.78. The molecule has 1 aromatic carbocycles. The second-order valence-electron chi connectivity index (χ2n) is 5.84. The van der Waals surface area contributed by atoms with Crippen molar-refractivity contribution in [3.63, 3.8) is 0 Å². The summed E-state index contributed by atoms with van der Waals surface area (Å²) in [7, 11) is 0. The number of unbranched alkanes of at least 4 members (excludes halogenated alkanes) is 1. The van der Waals surface area contributed by atoms with Gasteiger partial charge in [-0.25, -0.2) is 4.79 Å². The maximum Gasteiger partial charge on any atom is 0.343 e. The highest BCUT2D eigenvalue weighted by Crippen LogP contribution is 2.23. The highest BCUT2D eigenvalue weighted by Gasteiger charge is 2.25. The first-order valence-electron chi connectivity index (χ1n) is 8.34. The van der Waals surface area contributed by atoms with Crippen molar-refractivity contribution < 1.29 is 14.3 Å². The second kappa shape index (κ2) is 9.05. The summed E-state index contributed by atoms with van der Waals surface area (Å²) in [4.78, 5) is 24.7. The number of aryl methyl sites for hydroxylation is 2. The predicted molar refractivity (Wildman–Crippen MR) is 102 cm³/mol. The minimum absolute atomic E-state index is 0.181. The Kier molecular flexibility index (Phi) is 7.06. The number of para-hydroxylation sites is 1. The Morgan fingerprint density at radius 3 is 2.65 bits per heavy atom. The molecule has 0 saturated heterocycles. The van der Waals surface area contributed by atoms with Gasteiger partial charge in [0.05, 0.1) is 16.4 Å². The molecule has 26 heavy (non-hydrogen) atoms. The van der Waals surface area contributed by atoms with Gasteiger partial charge in [0, 0.05) is 6.54 Å². The molecular formula is C18H21Cl2N3O3. The summed E-state index contributed by atoms with van der Waals surface area (Å²) in [6.45, 7) is 5.83. The lowest BCUT2D eigenvalue weighted by Gasteiger charge is -2.14. The number of hydrogen-bond donors (Lipinski definition) is 1. The van der Waals surface area contributed by atoms with E-state index in [1.165, 1.54) is 6.92 Å². The van der Waals surface area contributed by atoms with Crippen LogP contribution < -0.4 is 5.32 Å². The van der Waals surface area contributed by atoms with E-state index in [4.69, 9.17) is 27.9 Å². The maximum absolute atomic E-state index is 12.4. The van der Waals surface area contributed by atoms with Crippen LogP contribution in [0, 0.1) is 6.92 Å². The number of hydrogen-bond acceptors (Lipinski definition) is 4. The molecule has 0 saturated carbocycles. The molecule has 1 aromatic heterocycles. The summed E-state index contributed by atoms with van der Waals surface area (Å²) in [6, 6.07) is 6.81. The molecule has 0 radical (unpaired) electrons. The van der Waals surface area contributed by atoms with E-state index in [2.05, 4.69) is 17.3 Å². The topological polar surface area (TPSA) is 73.2 Å². The molecule has 0 aliphatic heterocycles. The number of rotatable bonds is 7. The van der Waals surface area contributed by atoms with Crippen LogP contribution in [0.5, 0.6) is 0 Å². The van der Waals surface area contributed by atoms with Crippen molar-refractivity contribution in [1.29, 1.82) is 0 Å². The van der Waals surface area contributed by atoms with Crippen molar-refractivity contribution in [1.82, 2.24) is 9.78 Å². The number of nitrogens with one attached hydrogen (secondary N) is 1. The summed E-state index contributed by atoms with van der Waals surface area (Å²) in [6.07, 6.45) is 0.855. The number of nitrogens with zero attached hydrogens (tertiary/aromatic N) is 2. The van der Waals surface area contributed by atoms with Crippen LogP contribution in [0.3, 0.4) is 0 Å². The van der Waals surface area contributed by atoms with Gasteiger partial charge in [-0.3, -0.25) is 9.48 Å². The average molecular weight is 398 g/mol. The van der Waals surface area contributed by atoms with Gasteiger partial charge in [-0.05, 0) is 32.4 Å². The number of anilines is 1. The lowest BCUT2D eigenvalue weighted by atomic mass is 10.2. The lowest BCUT2D eigenvalue weighted by Crippen LogP contribution is -2.30. The molecule has 1 N–H and O–H groups in total. The summed E-state index contributed by atoms with van der Waals surface area (Å²) >= 11 is 12.3. The van der Waals surface area contributed by atoms with Gasteiger partial charge in [-0.15, -0.1) is 0 Å². The first-order valence-corrected chi connectivity index (χ1v) is 9.10. The van der Waals surface area contributed by atoms with E-state index in [0.717, 1.165) is 12.8 Å². The van der Waals surface area contributed by atoms with Crippen molar-refractivity contribution >= 4 is 40.8 Å². The van der Waals surface area contributed by atoms with E-state index >= 15 is 0 Å². The largest absolute Gasteiger partial charge is 0.449 e. The molecule has 0 aliphatic rings. The van der Waals surface area contributed by atoms with Gasteiger partial charge in [-0.2, -0.15) is 5.10 Å². The number of halogens is 2. The van der Waals surface area contributed by atoms with Gasteiger partial charge < -0.3 is 10.1 Å². The SMILES string of the molecule is CCCCn1nc(C)c(C(=O)O[C@@H](C)C(=O)Nc2ccccc2Cl)c1Cl. The van der Waals surface area contributed by atoms with Crippen LogP contribution in [0.2, 0.25) is 10.2 Å². The summed E-state index contributed by atoms with van der Waals surface area (Å²) < 4.78 is 6.83. The van der Waals surface area contributed by atoms with E-state index < -0.39 is 18.0 Å². The Balaban J connectivity index is 2.06. The molecule has 1 atom stereocenters. The molecule has 0 unspecified atom stereocenters. The number of carbonyl (C=O) groups is 2. The zero-order valence-corrected chi connectivity index (χ0v) is 16.4. The zero-order valence-electron chi connectivity index (χ0n) is 14.9. The predicted octanol–water partition coefficient (Wildman–Crippen LogP) is 4.48. The first-order chi connectivity index (χ1) is 12.3. The van der Waals surface area contributed by atoms with Crippen LogP contribution in [-0.4, -0.2) is 27.8 Å². The first kappa shape index (κ1) is 20.3. The van der Waals surface area contributed by atoms with Crippen LogP contribution in [-0.2, 0) is 16.1 Å². The van der Waals surface area contributed by atoms with E-state index in [9.17, 15) is 9.59 Å². The molecule has 8 heteroatoms. The molecule has 140 valence electrons. The van der Waals surface area contributed by atoms with Crippen LogP contribution in [0.1, 0.15) is 42.7 Å². The average Bonchev–Trinajstić information content (AvgIpc) is 2.88. The summed E-state index contributed by atoms with van der Waals surface area (Å²) in [5.74, 6) is -1.17. The van der Waals surface area contributed by atoms with Gasteiger partial charge in [0.25, 0.3) is 5.91 Å². The Bertz CT molecular complexity index is 805. The van der Waals surface area contributed by atoms with Gasteiger partial charge >= 0.3 is 5.97 Å². The lowest BCUT2D eigenvalue weighted by molar-refractivity contribution is -0.123. The normalized spacial score (nSPS) is 11.9. The second-order valence-corrected chi connectivity index (χ2v) is 6.61. The maximum atomic E-state index is 12.4. The minimum atomic E-state index is -1.02. The number of ether oxygens (including phenoxy) is 1. The van der Waals surface area contributed by atoms with E-state index in [1.807, 2.05) is 0 Å². The number of aromatic nitrogens is 2.